The van der Waals surface area contributed by atoms with Gasteiger partial charge in [-0.25, -0.2) is 9.67 Å². The van der Waals surface area contributed by atoms with Crippen LogP contribution >= 0.6 is 11.8 Å². The fourth-order valence-corrected chi connectivity index (χ4v) is 4.20. The molecule has 1 unspecified atom stereocenters. The van der Waals surface area contributed by atoms with Crippen molar-refractivity contribution in [3.8, 4) is 0 Å². The van der Waals surface area contributed by atoms with Crippen molar-refractivity contribution >= 4 is 28.9 Å². The normalized spacial score (nSPS) is 23.5. The SMILES string of the molecule is CCn1nc(C)c2nc(N)n(CC3(C)CCCS3)c21. The van der Waals surface area contributed by atoms with Gasteiger partial charge in [0.25, 0.3) is 0 Å². The summed E-state index contributed by atoms with van der Waals surface area (Å²) in [5.74, 6) is 1.87. The monoisotopic (exact) mass is 279 g/mol. The highest BCUT2D eigenvalue weighted by Crippen LogP contribution is 2.40. The van der Waals surface area contributed by atoms with Gasteiger partial charge in [0.05, 0.1) is 5.69 Å². The van der Waals surface area contributed by atoms with E-state index in [-0.39, 0.29) is 4.75 Å². The van der Waals surface area contributed by atoms with Gasteiger partial charge in [-0.1, -0.05) is 0 Å². The van der Waals surface area contributed by atoms with Gasteiger partial charge >= 0.3 is 0 Å². The first kappa shape index (κ1) is 12.8. The van der Waals surface area contributed by atoms with Crippen LogP contribution in [0.1, 0.15) is 32.4 Å². The van der Waals surface area contributed by atoms with Crippen molar-refractivity contribution < 1.29 is 0 Å². The van der Waals surface area contributed by atoms with Crippen LogP contribution in [0.15, 0.2) is 0 Å². The Morgan fingerprint density at radius 3 is 2.89 bits per heavy atom. The zero-order valence-corrected chi connectivity index (χ0v) is 12.6. The van der Waals surface area contributed by atoms with Gasteiger partial charge in [0.1, 0.15) is 5.52 Å². The largest absolute Gasteiger partial charge is 0.369 e. The molecular formula is C13H21N5S. The van der Waals surface area contributed by atoms with Crippen molar-refractivity contribution in [2.24, 2.45) is 0 Å². The van der Waals surface area contributed by atoms with E-state index in [1.165, 1.54) is 18.6 Å². The second-order valence-electron chi connectivity index (χ2n) is 5.53. The predicted octanol–water partition coefficient (Wildman–Crippen LogP) is 2.43. The third kappa shape index (κ3) is 2.02. The summed E-state index contributed by atoms with van der Waals surface area (Å²) in [5.41, 5.74) is 9.12. The van der Waals surface area contributed by atoms with E-state index in [2.05, 4.69) is 28.5 Å². The maximum Gasteiger partial charge on any atom is 0.202 e. The van der Waals surface area contributed by atoms with E-state index in [4.69, 9.17) is 5.73 Å². The molecule has 1 aliphatic rings. The average Bonchev–Trinajstić information content (AvgIpc) is 3.00. The molecule has 0 bridgehead atoms. The number of anilines is 1. The molecule has 5 nitrogen and oxygen atoms in total. The van der Waals surface area contributed by atoms with E-state index in [0.717, 1.165) is 29.9 Å². The summed E-state index contributed by atoms with van der Waals surface area (Å²) in [7, 11) is 0. The highest BCUT2D eigenvalue weighted by molar-refractivity contribution is 8.00. The van der Waals surface area contributed by atoms with Crippen LogP contribution in [0.3, 0.4) is 0 Å². The van der Waals surface area contributed by atoms with E-state index < -0.39 is 0 Å². The zero-order valence-electron chi connectivity index (χ0n) is 11.8. The minimum Gasteiger partial charge on any atom is -0.369 e. The van der Waals surface area contributed by atoms with E-state index in [1.807, 2.05) is 23.4 Å². The lowest BCUT2D eigenvalue weighted by Crippen LogP contribution is -2.25. The van der Waals surface area contributed by atoms with Crippen molar-refractivity contribution in [1.82, 2.24) is 19.3 Å². The first-order chi connectivity index (χ1) is 9.04. The van der Waals surface area contributed by atoms with Crippen LogP contribution in [0, 0.1) is 6.92 Å². The van der Waals surface area contributed by atoms with Gasteiger partial charge in [0.15, 0.2) is 5.65 Å². The highest BCUT2D eigenvalue weighted by Gasteiger charge is 2.32. The number of nitrogens with zero attached hydrogens (tertiary/aromatic N) is 4. The van der Waals surface area contributed by atoms with Crippen LogP contribution < -0.4 is 5.73 Å². The zero-order chi connectivity index (χ0) is 13.6. The van der Waals surface area contributed by atoms with Gasteiger partial charge in [0.2, 0.25) is 5.95 Å². The van der Waals surface area contributed by atoms with Crippen molar-refractivity contribution in [1.29, 1.82) is 0 Å². The minimum absolute atomic E-state index is 0.276. The predicted molar refractivity (Wildman–Crippen MR) is 80.4 cm³/mol. The Balaban J connectivity index is 2.09. The molecule has 0 aromatic carbocycles. The van der Waals surface area contributed by atoms with E-state index >= 15 is 0 Å². The molecule has 2 N–H and O–H groups in total. The molecule has 0 saturated carbocycles. The van der Waals surface area contributed by atoms with E-state index in [1.54, 1.807) is 0 Å². The smallest absolute Gasteiger partial charge is 0.202 e. The third-order valence-electron chi connectivity index (χ3n) is 3.92. The van der Waals surface area contributed by atoms with Crippen LogP contribution in [0.2, 0.25) is 0 Å². The summed E-state index contributed by atoms with van der Waals surface area (Å²) in [4.78, 5) is 4.50. The van der Waals surface area contributed by atoms with Crippen molar-refractivity contribution in [2.75, 3.05) is 11.5 Å². The molecule has 104 valence electrons. The Labute approximate surface area is 117 Å². The second kappa shape index (κ2) is 4.44. The van der Waals surface area contributed by atoms with Gasteiger partial charge in [-0.3, -0.25) is 4.57 Å². The van der Waals surface area contributed by atoms with Crippen molar-refractivity contribution in [3.63, 3.8) is 0 Å². The Bertz CT molecular complexity index is 606. The number of thioether (sulfide) groups is 1. The first-order valence-electron chi connectivity index (χ1n) is 6.87. The molecule has 2 aromatic rings. The lowest BCUT2D eigenvalue weighted by Gasteiger charge is -2.24. The average molecular weight is 279 g/mol. The molecule has 0 aliphatic carbocycles. The number of hydrogen-bond acceptors (Lipinski definition) is 4. The molecule has 3 heterocycles. The first-order valence-corrected chi connectivity index (χ1v) is 7.86. The molecule has 1 atom stereocenters. The lowest BCUT2D eigenvalue weighted by molar-refractivity contribution is 0.512. The Kier molecular flexibility index (Phi) is 3.00. The molecule has 0 radical (unpaired) electrons. The number of nitrogens with two attached hydrogens (primary N) is 1. The van der Waals surface area contributed by atoms with Crippen molar-refractivity contribution in [2.45, 2.75) is 51.4 Å². The molecule has 1 saturated heterocycles. The summed E-state index contributed by atoms with van der Waals surface area (Å²) in [6.07, 6.45) is 2.54. The van der Waals surface area contributed by atoms with Gasteiger partial charge in [-0.05, 0) is 39.4 Å². The number of nitrogen functional groups attached to an aromatic ring is 1. The maximum atomic E-state index is 6.13. The number of fused-ring (bicyclic) bond motifs is 1. The van der Waals surface area contributed by atoms with Gasteiger partial charge in [-0.15, -0.1) is 0 Å². The van der Waals surface area contributed by atoms with Crippen LogP contribution in [0.5, 0.6) is 0 Å². The summed E-state index contributed by atoms with van der Waals surface area (Å²) in [6, 6.07) is 0. The maximum absolute atomic E-state index is 6.13. The third-order valence-corrected chi connectivity index (χ3v) is 5.44. The molecule has 0 amide bonds. The standard InChI is InChI=1S/C13H21N5S/c1-4-18-11-10(9(2)16-18)15-12(14)17(11)8-13(3)6-5-7-19-13/h4-8H2,1-3H3,(H2,14,15). The Morgan fingerprint density at radius 2 is 2.26 bits per heavy atom. The minimum atomic E-state index is 0.276. The van der Waals surface area contributed by atoms with Crippen molar-refractivity contribution in [3.05, 3.63) is 5.69 Å². The number of aryl methyl sites for hydroxylation is 2. The van der Waals surface area contributed by atoms with E-state index in [9.17, 15) is 0 Å². The van der Waals surface area contributed by atoms with Crippen LogP contribution in [-0.2, 0) is 13.1 Å². The summed E-state index contributed by atoms with van der Waals surface area (Å²) < 4.78 is 4.44. The van der Waals surface area contributed by atoms with Gasteiger partial charge < -0.3 is 5.73 Å². The van der Waals surface area contributed by atoms with Crippen LogP contribution in [0.25, 0.3) is 11.2 Å². The Hall–Kier alpha value is -1.17. The fraction of sp³-hybridized carbons (Fsp3) is 0.692. The summed E-state index contributed by atoms with van der Waals surface area (Å²) >= 11 is 2.05. The molecule has 0 spiro atoms. The fourth-order valence-electron chi connectivity index (χ4n) is 2.91. The highest BCUT2D eigenvalue weighted by atomic mass is 32.2. The van der Waals surface area contributed by atoms with Crippen LogP contribution in [0.4, 0.5) is 5.95 Å². The number of rotatable bonds is 3. The molecular weight excluding hydrogens is 258 g/mol. The quantitative estimate of drug-likeness (QED) is 0.937. The summed E-state index contributed by atoms with van der Waals surface area (Å²) in [5, 5.41) is 4.54. The molecule has 2 aromatic heterocycles. The molecule has 19 heavy (non-hydrogen) atoms. The topological polar surface area (TPSA) is 61.7 Å². The summed E-state index contributed by atoms with van der Waals surface area (Å²) in [6.45, 7) is 8.20. The second-order valence-corrected chi connectivity index (χ2v) is 7.21. The van der Waals surface area contributed by atoms with Crippen LogP contribution in [-0.4, -0.2) is 29.8 Å². The number of hydrogen-bond donors (Lipinski definition) is 1. The Morgan fingerprint density at radius 1 is 1.47 bits per heavy atom. The molecule has 1 fully saturated rings. The lowest BCUT2D eigenvalue weighted by atomic mass is 10.1. The van der Waals surface area contributed by atoms with Gasteiger partial charge in [0, 0.05) is 17.8 Å². The number of aromatic nitrogens is 4. The number of imidazole rings is 1. The van der Waals surface area contributed by atoms with E-state index in [0.29, 0.717) is 5.95 Å². The molecule has 3 rings (SSSR count). The van der Waals surface area contributed by atoms with Gasteiger partial charge in [-0.2, -0.15) is 16.9 Å². The molecule has 1 aliphatic heterocycles. The molecule has 6 heteroatoms.